The summed E-state index contributed by atoms with van der Waals surface area (Å²) in [6, 6.07) is 0. The van der Waals surface area contributed by atoms with Gasteiger partial charge in [0.05, 0.1) is 11.7 Å². The van der Waals surface area contributed by atoms with Gasteiger partial charge in [-0.05, 0) is 56.8 Å². The molecule has 1 amide bonds. The molecule has 3 atom stereocenters. The van der Waals surface area contributed by atoms with Gasteiger partial charge in [-0.1, -0.05) is 20.8 Å². The molecule has 2 rings (SSSR count). The molecule has 2 aliphatic rings. The maximum Gasteiger partial charge on any atom is 0.222 e. The number of rotatable bonds is 4. The van der Waals surface area contributed by atoms with Crippen molar-refractivity contribution >= 4 is 5.91 Å². The average molecular weight is 325 g/mol. The van der Waals surface area contributed by atoms with Gasteiger partial charge in [-0.3, -0.25) is 4.79 Å². The summed E-state index contributed by atoms with van der Waals surface area (Å²) in [5.74, 6) is 0.837. The van der Waals surface area contributed by atoms with Gasteiger partial charge in [-0.25, -0.2) is 0 Å². The Balaban J connectivity index is 1.82. The molecule has 23 heavy (non-hydrogen) atoms. The summed E-state index contributed by atoms with van der Waals surface area (Å²) in [4.78, 5) is 14.6. The number of hydrogen-bond acceptors (Lipinski definition) is 3. The predicted octanol–water partition coefficient (Wildman–Crippen LogP) is 3.37. The summed E-state index contributed by atoms with van der Waals surface area (Å²) >= 11 is 0. The summed E-state index contributed by atoms with van der Waals surface area (Å²) in [5, 5.41) is 10.5. The minimum Gasteiger partial charge on any atom is -0.390 e. The van der Waals surface area contributed by atoms with Crippen LogP contribution in [-0.2, 0) is 9.53 Å². The quantitative estimate of drug-likeness (QED) is 0.862. The Morgan fingerprint density at radius 1 is 1.35 bits per heavy atom. The fraction of sp³-hybridized carbons (Fsp3) is 0.947. The van der Waals surface area contributed by atoms with Crippen molar-refractivity contribution in [2.75, 3.05) is 19.7 Å². The smallest absolute Gasteiger partial charge is 0.222 e. The zero-order valence-electron chi connectivity index (χ0n) is 15.4. The van der Waals surface area contributed by atoms with Gasteiger partial charge >= 0.3 is 0 Å². The highest BCUT2D eigenvalue weighted by molar-refractivity contribution is 5.76. The number of nitrogens with zero attached hydrogens (tertiary/aromatic N) is 1. The molecule has 1 aliphatic heterocycles. The normalized spacial score (nSPS) is 34.9. The molecule has 134 valence electrons. The Morgan fingerprint density at radius 3 is 2.74 bits per heavy atom. The van der Waals surface area contributed by atoms with Crippen LogP contribution >= 0.6 is 0 Å². The lowest BCUT2D eigenvalue weighted by Gasteiger charge is -2.47. The Morgan fingerprint density at radius 2 is 2.09 bits per heavy atom. The lowest BCUT2D eigenvalue weighted by atomic mass is 9.62. The summed E-state index contributed by atoms with van der Waals surface area (Å²) in [5.41, 5.74) is -0.646. The second kappa shape index (κ2) is 7.52. The van der Waals surface area contributed by atoms with Crippen LogP contribution in [0.3, 0.4) is 0 Å². The molecule has 3 unspecified atom stereocenters. The van der Waals surface area contributed by atoms with Crippen LogP contribution in [0, 0.1) is 11.3 Å². The van der Waals surface area contributed by atoms with E-state index in [4.69, 9.17) is 4.74 Å². The number of ether oxygens (including phenoxy) is 1. The molecular weight excluding hydrogens is 290 g/mol. The fourth-order valence-corrected chi connectivity index (χ4v) is 3.97. The molecule has 0 bridgehead atoms. The summed E-state index contributed by atoms with van der Waals surface area (Å²) in [6.07, 6.45) is 6.58. The number of amides is 1. The molecule has 0 aromatic rings. The third-order valence-electron chi connectivity index (χ3n) is 6.22. The topological polar surface area (TPSA) is 49.8 Å². The number of carbonyl (C=O) groups excluding carboxylic acids is 1. The van der Waals surface area contributed by atoms with E-state index in [0.717, 1.165) is 58.2 Å². The van der Waals surface area contributed by atoms with Crippen molar-refractivity contribution in [2.45, 2.75) is 84.3 Å². The summed E-state index contributed by atoms with van der Waals surface area (Å²) in [6.45, 7) is 10.7. The lowest BCUT2D eigenvalue weighted by molar-refractivity contribution is -0.133. The molecule has 2 fully saturated rings. The van der Waals surface area contributed by atoms with Crippen LogP contribution in [0.25, 0.3) is 0 Å². The molecular formula is C19H35NO3. The molecule has 1 saturated carbocycles. The number of carbonyl (C=O) groups is 1. The highest BCUT2D eigenvalue weighted by Crippen LogP contribution is 2.47. The van der Waals surface area contributed by atoms with E-state index < -0.39 is 5.60 Å². The standard InChI is InChI=1S/C19H35NO3/c1-5-16-14-20(11-6-12-23-16)17(21)8-7-15-9-10-19(4,22)18(2,3)13-15/h15-16,22H,5-14H2,1-4H3. The van der Waals surface area contributed by atoms with Gasteiger partial charge in [0, 0.05) is 26.1 Å². The van der Waals surface area contributed by atoms with Gasteiger partial charge in [0.2, 0.25) is 5.91 Å². The van der Waals surface area contributed by atoms with Crippen LogP contribution in [0.1, 0.15) is 72.6 Å². The fourth-order valence-electron chi connectivity index (χ4n) is 3.97. The molecule has 4 nitrogen and oxygen atoms in total. The maximum absolute atomic E-state index is 12.6. The molecule has 0 aromatic heterocycles. The van der Waals surface area contributed by atoms with Gasteiger partial charge in [0.25, 0.3) is 0 Å². The Labute approximate surface area is 141 Å². The number of aliphatic hydroxyl groups is 1. The predicted molar refractivity (Wildman–Crippen MR) is 92.2 cm³/mol. The maximum atomic E-state index is 12.6. The highest BCUT2D eigenvalue weighted by Gasteiger charge is 2.44. The third-order valence-corrected chi connectivity index (χ3v) is 6.22. The van der Waals surface area contributed by atoms with E-state index in [0.29, 0.717) is 12.3 Å². The van der Waals surface area contributed by atoms with E-state index in [1.54, 1.807) is 0 Å². The summed E-state index contributed by atoms with van der Waals surface area (Å²) < 4.78 is 5.76. The van der Waals surface area contributed by atoms with E-state index in [-0.39, 0.29) is 17.4 Å². The monoisotopic (exact) mass is 325 g/mol. The van der Waals surface area contributed by atoms with Crippen molar-refractivity contribution in [1.82, 2.24) is 4.90 Å². The Bertz CT molecular complexity index is 405. The minimum absolute atomic E-state index is 0.0668. The van der Waals surface area contributed by atoms with Crippen LogP contribution in [0.15, 0.2) is 0 Å². The van der Waals surface area contributed by atoms with Crippen molar-refractivity contribution in [1.29, 1.82) is 0 Å². The molecule has 4 heteroatoms. The second-order valence-corrected chi connectivity index (χ2v) is 8.40. The van der Waals surface area contributed by atoms with Gasteiger partial charge in [0.1, 0.15) is 0 Å². The molecule has 1 saturated heterocycles. The largest absolute Gasteiger partial charge is 0.390 e. The van der Waals surface area contributed by atoms with Crippen LogP contribution in [0.5, 0.6) is 0 Å². The zero-order valence-corrected chi connectivity index (χ0v) is 15.4. The van der Waals surface area contributed by atoms with Crippen molar-refractivity contribution in [2.24, 2.45) is 11.3 Å². The molecule has 1 heterocycles. The SMILES string of the molecule is CCC1CN(C(=O)CCC2CCC(C)(O)C(C)(C)C2)CCCO1. The first-order valence-electron chi connectivity index (χ1n) is 9.37. The van der Waals surface area contributed by atoms with Crippen molar-refractivity contribution in [3.63, 3.8) is 0 Å². The first-order chi connectivity index (χ1) is 10.7. The van der Waals surface area contributed by atoms with Crippen molar-refractivity contribution < 1.29 is 14.6 Å². The average Bonchev–Trinajstić information content (AvgIpc) is 2.73. The lowest BCUT2D eigenvalue weighted by Crippen LogP contribution is -2.47. The van der Waals surface area contributed by atoms with Crippen molar-refractivity contribution in [3.8, 4) is 0 Å². The van der Waals surface area contributed by atoms with Crippen LogP contribution in [0.4, 0.5) is 0 Å². The van der Waals surface area contributed by atoms with Crippen LogP contribution in [-0.4, -0.2) is 47.3 Å². The van der Waals surface area contributed by atoms with E-state index in [1.807, 2.05) is 11.8 Å². The van der Waals surface area contributed by atoms with Crippen molar-refractivity contribution in [3.05, 3.63) is 0 Å². The molecule has 0 spiro atoms. The van der Waals surface area contributed by atoms with Crippen LogP contribution < -0.4 is 0 Å². The van der Waals surface area contributed by atoms with E-state index in [9.17, 15) is 9.90 Å². The zero-order chi connectivity index (χ0) is 17.1. The van der Waals surface area contributed by atoms with E-state index in [2.05, 4.69) is 20.8 Å². The Hall–Kier alpha value is -0.610. The van der Waals surface area contributed by atoms with E-state index >= 15 is 0 Å². The number of hydrogen-bond donors (Lipinski definition) is 1. The molecule has 1 N–H and O–H groups in total. The van der Waals surface area contributed by atoms with Gasteiger partial charge in [-0.2, -0.15) is 0 Å². The minimum atomic E-state index is -0.579. The van der Waals surface area contributed by atoms with E-state index in [1.165, 1.54) is 0 Å². The third kappa shape index (κ3) is 4.69. The highest BCUT2D eigenvalue weighted by atomic mass is 16.5. The second-order valence-electron chi connectivity index (χ2n) is 8.40. The first kappa shape index (κ1) is 18.7. The Kier molecular flexibility index (Phi) is 6.12. The van der Waals surface area contributed by atoms with Gasteiger partial charge in [0.15, 0.2) is 0 Å². The molecule has 0 aromatic carbocycles. The molecule has 0 radical (unpaired) electrons. The van der Waals surface area contributed by atoms with Gasteiger partial charge in [-0.15, -0.1) is 0 Å². The molecule has 1 aliphatic carbocycles. The summed E-state index contributed by atoms with van der Waals surface area (Å²) in [7, 11) is 0. The van der Waals surface area contributed by atoms with Gasteiger partial charge < -0.3 is 14.7 Å². The van der Waals surface area contributed by atoms with Crippen LogP contribution in [0.2, 0.25) is 0 Å². The first-order valence-corrected chi connectivity index (χ1v) is 9.37.